The Morgan fingerprint density at radius 3 is 2.10 bits per heavy atom. The van der Waals surface area contributed by atoms with E-state index in [4.69, 9.17) is 19.4 Å². The fraction of sp³-hybridized carbons (Fsp3) is 0.0652. The standard InChI is InChI=1S/C46H31N3O/c1-28-21-26-39(35-17-10-20-40-42(35)37-25-24-30-12-6-8-16-34(30)45(37)50-40)48-46(49-43(28)31-13-3-2-4-14-31)38-19-9-18-36-41-32(27-47-44(36)38)23-22-29-11-5-7-15-33(29)41/h2-20,22-25,27H,21,26H2,1H3/b43-28+,48-39+,49-46-. The fourth-order valence-electron chi connectivity index (χ4n) is 7.75. The fourth-order valence-corrected chi connectivity index (χ4v) is 7.75. The molecular formula is C46H31N3O. The average Bonchev–Trinajstić information content (AvgIpc) is 3.56. The van der Waals surface area contributed by atoms with Gasteiger partial charge in [-0.25, -0.2) is 9.98 Å². The Morgan fingerprint density at radius 1 is 0.520 bits per heavy atom. The Morgan fingerprint density at radius 2 is 1.22 bits per heavy atom. The number of amidine groups is 1. The minimum atomic E-state index is 0.658. The van der Waals surface area contributed by atoms with E-state index in [9.17, 15) is 0 Å². The van der Waals surface area contributed by atoms with Crippen LogP contribution in [0.3, 0.4) is 0 Å². The van der Waals surface area contributed by atoms with E-state index in [0.29, 0.717) is 5.84 Å². The van der Waals surface area contributed by atoms with Crippen molar-refractivity contribution in [1.82, 2.24) is 4.98 Å². The molecule has 4 heteroatoms. The van der Waals surface area contributed by atoms with Crippen molar-refractivity contribution in [2.75, 3.05) is 0 Å². The molecule has 3 heterocycles. The van der Waals surface area contributed by atoms with E-state index in [0.717, 1.165) is 89.9 Å². The molecule has 0 unspecified atom stereocenters. The van der Waals surface area contributed by atoms with Gasteiger partial charge in [0.25, 0.3) is 0 Å². The molecular weight excluding hydrogens is 611 g/mol. The number of aliphatic imine (C=N–C) groups is 2. The number of allylic oxidation sites excluding steroid dienone is 1. The van der Waals surface area contributed by atoms with Gasteiger partial charge in [0.1, 0.15) is 11.2 Å². The average molecular weight is 642 g/mol. The maximum absolute atomic E-state index is 6.59. The summed E-state index contributed by atoms with van der Waals surface area (Å²) >= 11 is 0. The molecule has 1 aliphatic heterocycles. The summed E-state index contributed by atoms with van der Waals surface area (Å²) in [6, 6.07) is 48.9. The summed E-state index contributed by atoms with van der Waals surface area (Å²) < 4.78 is 6.59. The van der Waals surface area contributed by atoms with Gasteiger partial charge in [0.2, 0.25) is 0 Å². The molecule has 0 N–H and O–H groups in total. The first-order valence-corrected chi connectivity index (χ1v) is 17.2. The Balaban J connectivity index is 1.25. The van der Waals surface area contributed by atoms with E-state index < -0.39 is 0 Å². The number of fused-ring (bicyclic) bond motifs is 10. The summed E-state index contributed by atoms with van der Waals surface area (Å²) in [7, 11) is 0. The lowest BCUT2D eigenvalue weighted by atomic mass is 9.94. The van der Waals surface area contributed by atoms with Crippen LogP contribution in [-0.4, -0.2) is 16.5 Å². The third-order valence-electron chi connectivity index (χ3n) is 10.2. The first-order chi connectivity index (χ1) is 24.7. The molecule has 0 bridgehead atoms. The largest absolute Gasteiger partial charge is 0.455 e. The molecule has 10 rings (SSSR count). The minimum Gasteiger partial charge on any atom is -0.455 e. The number of aromatic nitrogens is 1. The highest BCUT2D eigenvalue weighted by atomic mass is 16.3. The van der Waals surface area contributed by atoms with Gasteiger partial charge in [-0.15, -0.1) is 0 Å². The van der Waals surface area contributed by atoms with Crippen molar-refractivity contribution < 1.29 is 4.42 Å². The van der Waals surface area contributed by atoms with E-state index in [2.05, 4.69) is 140 Å². The molecule has 0 saturated heterocycles. The van der Waals surface area contributed by atoms with Crippen LogP contribution < -0.4 is 0 Å². The second-order valence-electron chi connectivity index (χ2n) is 13.1. The predicted molar refractivity (Wildman–Crippen MR) is 209 cm³/mol. The van der Waals surface area contributed by atoms with Crippen molar-refractivity contribution in [1.29, 1.82) is 0 Å². The van der Waals surface area contributed by atoms with Crippen LogP contribution in [0.25, 0.3) is 70.9 Å². The molecule has 1 aliphatic rings. The lowest BCUT2D eigenvalue weighted by Crippen LogP contribution is -2.11. The van der Waals surface area contributed by atoms with Crippen molar-refractivity contribution in [2.24, 2.45) is 9.98 Å². The molecule has 7 aromatic carbocycles. The van der Waals surface area contributed by atoms with Gasteiger partial charge in [-0.3, -0.25) is 4.98 Å². The third-order valence-corrected chi connectivity index (χ3v) is 10.2. The molecule has 0 aliphatic carbocycles. The predicted octanol–water partition coefficient (Wildman–Crippen LogP) is 12.1. The Bertz CT molecular complexity index is 2930. The van der Waals surface area contributed by atoms with Gasteiger partial charge in [0.15, 0.2) is 5.84 Å². The number of rotatable bonds is 3. The van der Waals surface area contributed by atoms with Crippen molar-refractivity contribution in [3.05, 3.63) is 168 Å². The zero-order chi connectivity index (χ0) is 33.2. The highest BCUT2D eigenvalue weighted by Gasteiger charge is 2.22. The summed E-state index contributed by atoms with van der Waals surface area (Å²) in [6.45, 7) is 2.20. The molecule has 0 saturated carbocycles. The second kappa shape index (κ2) is 11.4. The van der Waals surface area contributed by atoms with Crippen LogP contribution in [-0.2, 0) is 0 Å². The van der Waals surface area contributed by atoms with E-state index in [1.165, 1.54) is 21.7 Å². The first kappa shape index (κ1) is 28.6. The second-order valence-corrected chi connectivity index (χ2v) is 13.1. The normalized spacial score (nSPS) is 17.6. The summed E-state index contributed by atoms with van der Waals surface area (Å²) in [5.74, 6) is 0.658. The van der Waals surface area contributed by atoms with Crippen molar-refractivity contribution in [3.8, 4) is 0 Å². The van der Waals surface area contributed by atoms with Crippen LogP contribution in [0.15, 0.2) is 166 Å². The summed E-state index contributed by atoms with van der Waals surface area (Å²) in [5, 5.41) is 10.3. The zero-order valence-electron chi connectivity index (χ0n) is 27.5. The van der Waals surface area contributed by atoms with Crippen LogP contribution in [0.5, 0.6) is 0 Å². The number of benzene rings is 7. The summed E-state index contributed by atoms with van der Waals surface area (Å²) in [5.41, 5.74) is 8.90. The van der Waals surface area contributed by atoms with Gasteiger partial charge in [-0.2, -0.15) is 0 Å². The number of furan rings is 1. The number of hydrogen-bond donors (Lipinski definition) is 0. The number of pyridine rings is 1. The Hall–Kier alpha value is -6.39. The van der Waals surface area contributed by atoms with E-state index in [1.54, 1.807) is 0 Å². The van der Waals surface area contributed by atoms with Crippen molar-refractivity contribution >= 4 is 82.4 Å². The minimum absolute atomic E-state index is 0.658. The van der Waals surface area contributed by atoms with Crippen LogP contribution in [0, 0.1) is 0 Å². The number of nitrogens with zero attached hydrogens (tertiary/aromatic N) is 3. The molecule has 0 atom stereocenters. The molecule has 0 amide bonds. The molecule has 2 aromatic heterocycles. The Labute approximate surface area is 288 Å². The molecule has 0 radical (unpaired) electrons. The van der Waals surface area contributed by atoms with Gasteiger partial charge < -0.3 is 4.42 Å². The Kier molecular flexibility index (Phi) is 6.50. The lowest BCUT2D eigenvalue weighted by molar-refractivity contribution is 0.672. The molecule has 0 spiro atoms. The molecule has 9 aromatic rings. The van der Waals surface area contributed by atoms with Crippen molar-refractivity contribution in [2.45, 2.75) is 19.8 Å². The van der Waals surface area contributed by atoms with Gasteiger partial charge in [0, 0.05) is 55.2 Å². The van der Waals surface area contributed by atoms with Crippen LogP contribution in [0.1, 0.15) is 36.5 Å². The van der Waals surface area contributed by atoms with Gasteiger partial charge in [0.05, 0.1) is 16.9 Å². The highest BCUT2D eigenvalue weighted by Crippen LogP contribution is 2.38. The third kappa shape index (κ3) is 4.49. The molecule has 4 nitrogen and oxygen atoms in total. The number of hydrogen-bond acceptors (Lipinski definition) is 4. The monoisotopic (exact) mass is 641 g/mol. The quantitative estimate of drug-likeness (QED) is 0.180. The molecule has 0 fully saturated rings. The maximum Gasteiger partial charge on any atom is 0.162 e. The van der Waals surface area contributed by atoms with Crippen LogP contribution in [0.4, 0.5) is 0 Å². The van der Waals surface area contributed by atoms with E-state index in [-0.39, 0.29) is 0 Å². The number of para-hydroxylation sites is 1. The SMILES string of the molecule is C\C1=C(c2ccccc2)/N=C(c2cccc3c2ncc2ccc4ccccc4c23)\N=C(\c2cccc3oc4c5ccccc5ccc4c23)CC1. The van der Waals surface area contributed by atoms with Crippen LogP contribution in [0.2, 0.25) is 0 Å². The molecule has 236 valence electrons. The topological polar surface area (TPSA) is 50.8 Å². The van der Waals surface area contributed by atoms with Crippen LogP contribution >= 0.6 is 0 Å². The van der Waals surface area contributed by atoms with Gasteiger partial charge in [-0.05, 0) is 59.7 Å². The smallest absolute Gasteiger partial charge is 0.162 e. The maximum atomic E-state index is 6.59. The van der Waals surface area contributed by atoms with E-state index >= 15 is 0 Å². The zero-order valence-corrected chi connectivity index (χ0v) is 27.5. The van der Waals surface area contributed by atoms with E-state index in [1.807, 2.05) is 12.3 Å². The van der Waals surface area contributed by atoms with Gasteiger partial charge >= 0.3 is 0 Å². The molecule has 50 heavy (non-hydrogen) atoms. The highest BCUT2D eigenvalue weighted by molar-refractivity contribution is 6.27. The van der Waals surface area contributed by atoms with Crippen molar-refractivity contribution in [3.63, 3.8) is 0 Å². The summed E-state index contributed by atoms with van der Waals surface area (Å²) in [6.07, 6.45) is 3.58. The summed E-state index contributed by atoms with van der Waals surface area (Å²) in [4.78, 5) is 16.1. The van der Waals surface area contributed by atoms with Gasteiger partial charge in [-0.1, -0.05) is 121 Å². The lowest BCUT2D eigenvalue weighted by Gasteiger charge is -2.17. The first-order valence-electron chi connectivity index (χ1n) is 17.2.